The zero-order chi connectivity index (χ0) is 17.6. The topological polar surface area (TPSA) is 41.3 Å². The molecular weight excluding hydrogens is 310 g/mol. The van der Waals surface area contributed by atoms with Crippen LogP contribution in [0, 0.1) is 0 Å². The highest BCUT2D eigenvalue weighted by atomic mass is 16.3. The first-order valence-electron chi connectivity index (χ1n) is 9.04. The lowest BCUT2D eigenvalue weighted by molar-refractivity contribution is 0.193. The van der Waals surface area contributed by atoms with E-state index in [1.54, 1.807) is 6.07 Å². The van der Waals surface area contributed by atoms with E-state index in [9.17, 15) is 5.11 Å². The smallest absolute Gasteiger partial charge is 0.115 e. The predicted molar refractivity (Wildman–Crippen MR) is 101 cm³/mol. The normalized spacial score (nSPS) is 16.3. The Kier molecular flexibility index (Phi) is 4.00. The summed E-state index contributed by atoms with van der Waals surface area (Å²) in [4.78, 5) is 6.85. The molecule has 0 amide bonds. The summed E-state index contributed by atoms with van der Waals surface area (Å²) in [6, 6.07) is 8.65. The van der Waals surface area contributed by atoms with Crippen LogP contribution in [0.5, 0.6) is 5.75 Å². The predicted octanol–water partition coefficient (Wildman–Crippen LogP) is 4.44. The number of rotatable bonds is 3. The maximum atomic E-state index is 9.69. The minimum Gasteiger partial charge on any atom is -0.508 e. The van der Waals surface area contributed by atoms with Gasteiger partial charge in [-0.05, 0) is 62.1 Å². The molecule has 4 nitrogen and oxygen atoms in total. The molecule has 1 unspecified atom stereocenters. The van der Waals surface area contributed by atoms with Crippen LogP contribution >= 0.6 is 0 Å². The van der Waals surface area contributed by atoms with Crippen LogP contribution in [0.25, 0.3) is 10.9 Å². The van der Waals surface area contributed by atoms with Crippen molar-refractivity contribution < 1.29 is 5.11 Å². The lowest BCUT2D eigenvalue weighted by Crippen LogP contribution is -2.32. The molecule has 4 rings (SSSR count). The van der Waals surface area contributed by atoms with Gasteiger partial charge in [0.15, 0.2) is 0 Å². The highest BCUT2D eigenvalue weighted by molar-refractivity contribution is 5.83. The van der Waals surface area contributed by atoms with E-state index in [-0.39, 0.29) is 0 Å². The summed E-state index contributed by atoms with van der Waals surface area (Å²) in [6.45, 7) is 8.66. The van der Waals surface area contributed by atoms with Gasteiger partial charge in [-0.3, -0.25) is 9.88 Å². The molecule has 2 aromatic heterocycles. The molecule has 1 aromatic carbocycles. The third kappa shape index (κ3) is 2.81. The third-order valence-electron chi connectivity index (χ3n) is 5.45. The molecule has 1 aliphatic heterocycles. The van der Waals surface area contributed by atoms with Crippen molar-refractivity contribution in [1.82, 2.24) is 14.5 Å². The van der Waals surface area contributed by atoms with Gasteiger partial charge in [-0.15, -0.1) is 0 Å². The first-order valence-corrected chi connectivity index (χ1v) is 9.04. The number of aromatic nitrogens is 2. The Hall–Kier alpha value is -2.33. The minimum absolute atomic E-state index is 0.340. The van der Waals surface area contributed by atoms with E-state index in [1.807, 2.05) is 18.5 Å². The van der Waals surface area contributed by atoms with E-state index in [1.165, 1.54) is 27.6 Å². The molecule has 4 heteroatoms. The van der Waals surface area contributed by atoms with Crippen molar-refractivity contribution in [3.63, 3.8) is 0 Å². The first-order chi connectivity index (χ1) is 12.0. The van der Waals surface area contributed by atoms with E-state index in [2.05, 4.69) is 53.6 Å². The average molecular weight is 335 g/mol. The second kappa shape index (κ2) is 6.19. The second-order valence-corrected chi connectivity index (χ2v) is 7.33. The summed E-state index contributed by atoms with van der Waals surface area (Å²) >= 11 is 0. The van der Waals surface area contributed by atoms with Crippen LogP contribution in [0.1, 0.15) is 49.5 Å². The van der Waals surface area contributed by atoms with Crippen LogP contribution < -0.4 is 0 Å². The van der Waals surface area contributed by atoms with Crippen molar-refractivity contribution >= 4 is 10.9 Å². The summed E-state index contributed by atoms with van der Waals surface area (Å²) < 4.78 is 2.32. The molecule has 0 saturated carbocycles. The van der Waals surface area contributed by atoms with E-state index >= 15 is 0 Å². The number of phenols is 1. The monoisotopic (exact) mass is 335 g/mol. The molecule has 3 aromatic rings. The van der Waals surface area contributed by atoms with Gasteiger partial charge >= 0.3 is 0 Å². The Bertz CT molecular complexity index is 913. The number of hydrogen-bond acceptors (Lipinski definition) is 3. The highest BCUT2D eigenvalue weighted by Gasteiger charge is 2.24. The molecule has 130 valence electrons. The number of phenolic OH excluding ortho intramolecular Hbond substituents is 1. The van der Waals surface area contributed by atoms with Gasteiger partial charge in [0, 0.05) is 43.0 Å². The second-order valence-electron chi connectivity index (χ2n) is 7.33. The van der Waals surface area contributed by atoms with Gasteiger partial charge in [-0.2, -0.15) is 0 Å². The first kappa shape index (κ1) is 16.2. The van der Waals surface area contributed by atoms with Crippen molar-refractivity contribution in [2.45, 2.75) is 45.8 Å². The van der Waals surface area contributed by atoms with E-state index in [4.69, 9.17) is 0 Å². The van der Waals surface area contributed by atoms with E-state index < -0.39 is 0 Å². The van der Waals surface area contributed by atoms with Gasteiger partial charge in [0.2, 0.25) is 0 Å². The van der Waals surface area contributed by atoms with Gasteiger partial charge < -0.3 is 9.67 Å². The number of pyridine rings is 1. The maximum Gasteiger partial charge on any atom is 0.115 e. The minimum atomic E-state index is 0.340. The van der Waals surface area contributed by atoms with E-state index in [0.29, 0.717) is 17.8 Å². The summed E-state index contributed by atoms with van der Waals surface area (Å²) in [5.74, 6) is 0.368. The number of fused-ring (bicyclic) bond motifs is 2. The van der Waals surface area contributed by atoms with Gasteiger partial charge in [-0.25, -0.2) is 0 Å². The van der Waals surface area contributed by atoms with Crippen molar-refractivity contribution in [3.8, 4) is 5.75 Å². The van der Waals surface area contributed by atoms with Crippen molar-refractivity contribution in [3.05, 3.63) is 59.5 Å². The van der Waals surface area contributed by atoms with Crippen LogP contribution in [0.4, 0.5) is 0 Å². The largest absolute Gasteiger partial charge is 0.508 e. The molecular formula is C21H25N3O. The van der Waals surface area contributed by atoms with Crippen LogP contribution in [0.3, 0.4) is 0 Å². The lowest BCUT2D eigenvalue weighted by Gasteiger charge is -2.33. The van der Waals surface area contributed by atoms with Gasteiger partial charge in [0.1, 0.15) is 5.75 Å². The Labute approximate surface area is 148 Å². The molecule has 3 heterocycles. The van der Waals surface area contributed by atoms with Gasteiger partial charge in [0.25, 0.3) is 0 Å². The molecule has 0 spiro atoms. The van der Waals surface area contributed by atoms with Crippen molar-refractivity contribution in [1.29, 1.82) is 0 Å². The quantitative estimate of drug-likeness (QED) is 0.769. The fourth-order valence-corrected chi connectivity index (χ4v) is 3.97. The van der Waals surface area contributed by atoms with Gasteiger partial charge in [0.05, 0.1) is 11.7 Å². The number of benzene rings is 1. The standard InChI is InChI=1S/C21H25N3O/c1-14(2)24-13-20(19-6-8-22-11-21(19)24)15(3)23-9-7-16-10-18(25)5-4-17(16)12-23/h4-6,8,10-11,13-15,25H,7,9,12H2,1-3H3. The summed E-state index contributed by atoms with van der Waals surface area (Å²) in [7, 11) is 0. The highest BCUT2D eigenvalue weighted by Crippen LogP contribution is 2.34. The van der Waals surface area contributed by atoms with Crippen molar-refractivity contribution in [2.24, 2.45) is 0 Å². The molecule has 0 aliphatic carbocycles. The molecule has 0 radical (unpaired) electrons. The zero-order valence-electron chi connectivity index (χ0n) is 15.1. The fraction of sp³-hybridized carbons (Fsp3) is 0.381. The van der Waals surface area contributed by atoms with Crippen LogP contribution in [-0.2, 0) is 13.0 Å². The zero-order valence-corrected chi connectivity index (χ0v) is 15.1. The average Bonchev–Trinajstić information content (AvgIpc) is 3.00. The molecule has 0 fully saturated rings. The fourth-order valence-electron chi connectivity index (χ4n) is 3.97. The molecule has 1 aliphatic rings. The number of aromatic hydroxyl groups is 1. The Morgan fingerprint density at radius 3 is 2.76 bits per heavy atom. The number of hydrogen-bond donors (Lipinski definition) is 1. The summed E-state index contributed by atoms with van der Waals surface area (Å²) in [5, 5.41) is 11.0. The molecule has 1 atom stereocenters. The molecule has 1 N–H and O–H groups in total. The van der Waals surface area contributed by atoms with Crippen LogP contribution in [-0.4, -0.2) is 26.1 Å². The maximum absolute atomic E-state index is 9.69. The Morgan fingerprint density at radius 2 is 1.96 bits per heavy atom. The number of nitrogens with zero attached hydrogens (tertiary/aromatic N) is 3. The van der Waals surface area contributed by atoms with E-state index in [0.717, 1.165) is 19.5 Å². The summed E-state index contributed by atoms with van der Waals surface area (Å²) in [6.07, 6.45) is 7.14. The SMILES string of the molecule is CC(c1cn(C(C)C)c2cnccc12)N1CCc2cc(O)ccc2C1. The Balaban J connectivity index is 1.69. The third-order valence-corrected chi connectivity index (χ3v) is 5.45. The van der Waals surface area contributed by atoms with Crippen LogP contribution in [0.15, 0.2) is 42.9 Å². The molecule has 25 heavy (non-hydrogen) atoms. The lowest BCUT2D eigenvalue weighted by atomic mass is 9.96. The Morgan fingerprint density at radius 1 is 1.12 bits per heavy atom. The molecule has 0 saturated heterocycles. The van der Waals surface area contributed by atoms with Gasteiger partial charge in [-0.1, -0.05) is 6.07 Å². The van der Waals surface area contributed by atoms with Crippen LogP contribution in [0.2, 0.25) is 0 Å². The summed E-state index contributed by atoms with van der Waals surface area (Å²) in [5.41, 5.74) is 5.18. The van der Waals surface area contributed by atoms with Crippen molar-refractivity contribution in [2.75, 3.05) is 6.54 Å². The molecule has 0 bridgehead atoms.